The molecule has 0 spiro atoms. The molecule has 0 fully saturated rings. The van der Waals surface area contributed by atoms with E-state index in [1.165, 1.54) is 7.11 Å². The molecule has 1 heterocycles. The van der Waals surface area contributed by atoms with Crippen molar-refractivity contribution in [3.8, 4) is 11.9 Å². The maximum atomic E-state index is 12.8. The van der Waals surface area contributed by atoms with Crippen molar-refractivity contribution in [3.05, 3.63) is 22.9 Å². The number of hydrogen-bond donors (Lipinski definition) is 0. The molecule has 1 aromatic heterocycles. The molecule has 0 aliphatic carbocycles. The third-order valence-corrected chi connectivity index (χ3v) is 2.27. The van der Waals surface area contributed by atoms with E-state index in [0.29, 0.717) is 0 Å². The van der Waals surface area contributed by atoms with Crippen molar-refractivity contribution in [2.45, 2.75) is 19.8 Å². The van der Waals surface area contributed by atoms with E-state index in [1.807, 2.05) is 0 Å². The number of carbonyl (C=O) groups is 1. The molecule has 1 aromatic rings. The van der Waals surface area contributed by atoms with E-state index in [2.05, 4.69) is 4.98 Å². The Morgan fingerprint density at radius 3 is 2.74 bits per heavy atom. The van der Waals surface area contributed by atoms with Crippen molar-refractivity contribution in [3.63, 3.8) is 0 Å². The van der Waals surface area contributed by atoms with Gasteiger partial charge in [0.2, 0.25) is 5.88 Å². The number of pyridine rings is 1. The summed E-state index contributed by atoms with van der Waals surface area (Å²) in [5.41, 5.74) is -0.780. The molecular weight excluding hydrogens is 258 g/mol. The van der Waals surface area contributed by atoms with E-state index in [-0.39, 0.29) is 24.5 Å². The third kappa shape index (κ3) is 3.61. The first-order chi connectivity index (χ1) is 9.03. The van der Waals surface area contributed by atoms with Crippen molar-refractivity contribution >= 4 is 5.97 Å². The predicted molar refractivity (Wildman–Crippen MR) is 60.8 cm³/mol. The summed E-state index contributed by atoms with van der Waals surface area (Å²) >= 11 is 0. The Balaban J connectivity index is 3.19. The van der Waals surface area contributed by atoms with Crippen LogP contribution in [0.15, 0.2) is 6.07 Å². The van der Waals surface area contributed by atoms with Gasteiger partial charge in [-0.1, -0.05) is 0 Å². The Hall–Kier alpha value is -2.23. The molecule has 102 valence electrons. The molecule has 0 aromatic carbocycles. The van der Waals surface area contributed by atoms with Crippen LogP contribution in [0.1, 0.15) is 30.2 Å². The number of halogens is 2. The molecule has 5 nitrogen and oxygen atoms in total. The smallest absolute Gasteiger partial charge is 0.310 e. The molecular formula is C12H12F2N2O3. The highest BCUT2D eigenvalue weighted by Crippen LogP contribution is 2.27. The van der Waals surface area contributed by atoms with Gasteiger partial charge in [0.25, 0.3) is 6.43 Å². The highest BCUT2D eigenvalue weighted by molar-refractivity contribution is 5.73. The molecule has 0 amide bonds. The van der Waals surface area contributed by atoms with Gasteiger partial charge >= 0.3 is 5.97 Å². The first kappa shape index (κ1) is 14.8. The summed E-state index contributed by atoms with van der Waals surface area (Å²) in [4.78, 5) is 15.0. The predicted octanol–water partition coefficient (Wildman–Crippen LogP) is 2.01. The molecule has 0 bridgehead atoms. The molecule has 19 heavy (non-hydrogen) atoms. The Labute approximate surface area is 108 Å². The quantitative estimate of drug-likeness (QED) is 0.765. The van der Waals surface area contributed by atoms with Gasteiger partial charge < -0.3 is 9.47 Å². The summed E-state index contributed by atoms with van der Waals surface area (Å²) in [6.45, 7) is 1.82. The van der Waals surface area contributed by atoms with Crippen molar-refractivity contribution in [1.82, 2.24) is 4.98 Å². The molecule has 0 aliphatic heterocycles. The average molecular weight is 270 g/mol. The molecule has 0 radical (unpaired) electrons. The van der Waals surface area contributed by atoms with Crippen LogP contribution >= 0.6 is 0 Å². The Morgan fingerprint density at radius 2 is 2.26 bits per heavy atom. The average Bonchev–Trinajstić information content (AvgIpc) is 2.38. The summed E-state index contributed by atoms with van der Waals surface area (Å²) in [7, 11) is 1.28. The van der Waals surface area contributed by atoms with Gasteiger partial charge in [0.1, 0.15) is 6.07 Å². The minimum Gasteiger partial charge on any atom is -0.481 e. The van der Waals surface area contributed by atoms with Crippen LogP contribution in [0.4, 0.5) is 8.78 Å². The van der Waals surface area contributed by atoms with Crippen molar-refractivity contribution < 1.29 is 23.0 Å². The van der Waals surface area contributed by atoms with E-state index < -0.39 is 23.7 Å². The van der Waals surface area contributed by atoms with Crippen LogP contribution in [-0.2, 0) is 16.0 Å². The van der Waals surface area contributed by atoms with Crippen LogP contribution in [0.2, 0.25) is 0 Å². The number of carbonyl (C=O) groups excluding carboxylic acids is 1. The van der Waals surface area contributed by atoms with E-state index in [4.69, 9.17) is 14.7 Å². The number of hydrogen-bond acceptors (Lipinski definition) is 5. The zero-order chi connectivity index (χ0) is 14.4. The fourth-order valence-electron chi connectivity index (χ4n) is 1.48. The number of aromatic nitrogens is 1. The molecule has 1 rings (SSSR count). The second-order valence-electron chi connectivity index (χ2n) is 3.49. The normalized spacial score (nSPS) is 10.1. The first-order valence-corrected chi connectivity index (χ1v) is 5.45. The van der Waals surface area contributed by atoms with Crippen molar-refractivity contribution in [2.75, 3.05) is 13.7 Å². The summed E-state index contributed by atoms with van der Waals surface area (Å²) in [5, 5.41) is 8.75. The van der Waals surface area contributed by atoms with Gasteiger partial charge in [-0.25, -0.2) is 13.8 Å². The molecule has 7 heteroatoms. The maximum absolute atomic E-state index is 12.8. The number of methoxy groups -OCH3 is 1. The lowest BCUT2D eigenvalue weighted by molar-refractivity contribution is -0.142. The fraction of sp³-hybridized carbons (Fsp3) is 0.417. The van der Waals surface area contributed by atoms with Gasteiger partial charge in [0, 0.05) is 5.56 Å². The van der Waals surface area contributed by atoms with Crippen LogP contribution in [0.25, 0.3) is 0 Å². The number of rotatable bonds is 5. The van der Waals surface area contributed by atoms with Crippen LogP contribution in [0.3, 0.4) is 0 Å². The first-order valence-electron chi connectivity index (χ1n) is 5.45. The second-order valence-corrected chi connectivity index (χ2v) is 3.49. The number of nitrogens with zero attached hydrogens (tertiary/aromatic N) is 2. The van der Waals surface area contributed by atoms with Gasteiger partial charge in [-0.05, 0) is 13.0 Å². The van der Waals surface area contributed by atoms with Gasteiger partial charge in [-0.2, -0.15) is 5.26 Å². The molecule has 0 saturated heterocycles. The number of esters is 1. The topological polar surface area (TPSA) is 72.2 Å². The van der Waals surface area contributed by atoms with E-state index >= 15 is 0 Å². The Kier molecular flexibility index (Phi) is 5.18. The zero-order valence-electron chi connectivity index (χ0n) is 10.4. The molecule has 0 atom stereocenters. The summed E-state index contributed by atoms with van der Waals surface area (Å²) in [6.07, 6.45) is -3.09. The lowest BCUT2D eigenvalue weighted by atomic mass is 10.1. The van der Waals surface area contributed by atoms with E-state index in [0.717, 1.165) is 6.07 Å². The molecule has 0 N–H and O–H groups in total. The van der Waals surface area contributed by atoms with Gasteiger partial charge in [-0.3, -0.25) is 4.79 Å². The Morgan fingerprint density at radius 1 is 1.58 bits per heavy atom. The SMILES string of the molecule is CCOC(=O)Cc1cc(C(F)F)c(C#N)nc1OC. The largest absolute Gasteiger partial charge is 0.481 e. The third-order valence-electron chi connectivity index (χ3n) is 2.27. The summed E-state index contributed by atoms with van der Waals surface area (Å²) < 4.78 is 35.1. The van der Waals surface area contributed by atoms with Crippen molar-refractivity contribution in [1.29, 1.82) is 5.26 Å². The lowest BCUT2D eigenvalue weighted by Gasteiger charge is -2.10. The second kappa shape index (κ2) is 6.64. The minimum absolute atomic E-state index is 0.0333. The number of nitriles is 1. The van der Waals surface area contributed by atoms with Gasteiger partial charge in [-0.15, -0.1) is 0 Å². The van der Waals surface area contributed by atoms with Gasteiger partial charge in [0.15, 0.2) is 5.69 Å². The highest BCUT2D eigenvalue weighted by atomic mass is 19.3. The Bertz CT molecular complexity index is 512. The number of alkyl halides is 2. The van der Waals surface area contributed by atoms with E-state index in [9.17, 15) is 13.6 Å². The molecule has 0 aliphatic rings. The van der Waals surface area contributed by atoms with Crippen LogP contribution in [0.5, 0.6) is 5.88 Å². The zero-order valence-corrected chi connectivity index (χ0v) is 10.4. The highest BCUT2D eigenvalue weighted by Gasteiger charge is 2.20. The summed E-state index contributed by atoms with van der Waals surface area (Å²) in [6, 6.07) is 2.62. The van der Waals surface area contributed by atoms with Gasteiger partial charge in [0.05, 0.1) is 25.7 Å². The molecule has 0 saturated carbocycles. The monoisotopic (exact) mass is 270 g/mol. The van der Waals surface area contributed by atoms with Crippen LogP contribution < -0.4 is 4.74 Å². The summed E-state index contributed by atoms with van der Waals surface area (Å²) in [5.74, 6) is -0.610. The fourth-order valence-corrected chi connectivity index (χ4v) is 1.48. The maximum Gasteiger partial charge on any atom is 0.310 e. The van der Waals surface area contributed by atoms with Crippen LogP contribution in [-0.4, -0.2) is 24.7 Å². The lowest BCUT2D eigenvalue weighted by Crippen LogP contribution is -2.10. The molecule has 0 unspecified atom stereocenters. The number of ether oxygens (including phenoxy) is 2. The minimum atomic E-state index is -2.85. The van der Waals surface area contributed by atoms with Crippen molar-refractivity contribution in [2.24, 2.45) is 0 Å². The van der Waals surface area contributed by atoms with Crippen LogP contribution in [0, 0.1) is 11.3 Å². The standard InChI is InChI=1S/C12H12F2N2O3/c1-3-19-10(17)5-7-4-8(11(13)14)9(6-15)16-12(7)18-2/h4,11H,3,5H2,1-2H3. The van der Waals surface area contributed by atoms with E-state index in [1.54, 1.807) is 13.0 Å².